The minimum absolute atomic E-state index is 0.148. The van der Waals surface area contributed by atoms with Crippen molar-refractivity contribution in [1.82, 2.24) is 5.32 Å². The summed E-state index contributed by atoms with van der Waals surface area (Å²) in [4.78, 5) is 0. The normalized spacial score (nSPS) is 22.1. The average Bonchev–Trinajstić information content (AvgIpc) is 2.02. The highest BCUT2D eigenvalue weighted by molar-refractivity contribution is 5.22. The number of hydrogen-bond acceptors (Lipinski definition) is 1. The van der Waals surface area contributed by atoms with Gasteiger partial charge in [-0.3, -0.25) is 0 Å². The van der Waals surface area contributed by atoms with Crippen molar-refractivity contribution in [2.75, 3.05) is 0 Å². The molecule has 0 aromatic carbocycles. The molecule has 0 saturated heterocycles. The number of nitrogens with one attached hydrogen (secondary N) is 1. The van der Waals surface area contributed by atoms with Crippen LogP contribution < -0.4 is 5.32 Å². The van der Waals surface area contributed by atoms with E-state index in [-0.39, 0.29) is 12.0 Å². The Bertz CT molecular complexity index is 170. The zero-order chi connectivity index (χ0) is 8.85. The molecule has 1 nitrogen and oxygen atoms in total. The molecule has 1 N–H and O–H groups in total. The minimum Gasteiger partial charge on any atom is -0.356 e. The van der Waals surface area contributed by atoms with Gasteiger partial charge in [-0.15, -0.1) is 0 Å². The average molecular weight is 157 g/mol. The molecule has 0 amide bonds. The summed E-state index contributed by atoms with van der Waals surface area (Å²) in [5, 5.41) is 2.66. The van der Waals surface area contributed by atoms with E-state index in [9.17, 15) is 4.39 Å². The van der Waals surface area contributed by atoms with Crippen molar-refractivity contribution >= 4 is 0 Å². The van der Waals surface area contributed by atoms with E-state index in [1.54, 1.807) is 6.08 Å². The molecule has 0 aliphatic carbocycles. The second kappa shape index (κ2) is 4.94. The van der Waals surface area contributed by atoms with Gasteiger partial charge in [0.15, 0.2) is 5.95 Å². The molecule has 1 aliphatic heterocycles. The lowest BCUT2D eigenvalue weighted by atomic mass is 10.1. The Morgan fingerprint density at radius 2 is 1.91 bits per heavy atom. The van der Waals surface area contributed by atoms with E-state index in [1.807, 2.05) is 27.7 Å². The lowest BCUT2D eigenvalue weighted by molar-refractivity contribution is 0.506. The minimum atomic E-state index is -0.242. The number of allylic oxidation sites excluding steroid dienone is 2. The van der Waals surface area contributed by atoms with Crippen LogP contribution in [0.25, 0.3) is 0 Å². The highest BCUT2D eigenvalue weighted by Gasteiger charge is 2.07. The van der Waals surface area contributed by atoms with E-state index in [1.165, 1.54) is 6.08 Å². The van der Waals surface area contributed by atoms with Crippen LogP contribution in [0.2, 0.25) is 0 Å². The first-order chi connectivity index (χ1) is 5.20. The van der Waals surface area contributed by atoms with Gasteiger partial charge in [-0.05, 0) is 19.9 Å². The molecule has 0 bridgehead atoms. The first kappa shape index (κ1) is 10.2. The predicted octanol–water partition coefficient (Wildman–Crippen LogP) is 2.76. The molecule has 2 heteroatoms. The molecule has 0 fully saturated rings. The summed E-state index contributed by atoms with van der Waals surface area (Å²) in [6.07, 6.45) is 3.23. The van der Waals surface area contributed by atoms with Crippen LogP contribution in [-0.4, -0.2) is 6.04 Å². The fourth-order valence-electron chi connectivity index (χ4n) is 0.718. The molecule has 11 heavy (non-hydrogen) atoms. The largest absolute Gasteiger partial charge is 0.356 e. The molecule has 1 aliphatic rings. The lowest BCUT2D eigenvalue weighted by Gasteiger charge is -2.16. The maximum Gasteiger partial charge on any atom is 0.187 e. The van der Waals surface area contributed by atoms with Crippen LogP contribution >= 0.6 is 0 Å². The Kier molecular flexibility index (Phi) is 4.59. The smallest absolute Gasteiger partial charge is 0.187 e. The van der Waals surface area contributed by atoms with Gasteiger partial charge in [0.05, 0.1) is 0 Å². The van der Waals surface area contributed by atoms with Gasteiger partial charge in [-0.2, -0.15) is 4.39 Å². The van der Waals surface area contributed by atoms with Crippen LogP contribution in [0.15, 0.2) is 23.7 Å². The van der Waals surface area contributed by atoms with Crippen LogP contribution in [0.5, 0.6) is 0 Å². The molecule has 0 radical (unpaired) electrons. The molecule has 1 unspecified atom stereocenters. The summed E-state index contributed by atoms with van der Waals surface area (Å²) in [6.45, 7) is 7.90. The third kappa shape index (κ3) is 3.21. The highest BCUT2D eigenvalue weighted by Crippen LogP contribution is 2.09. The van der Waals surface area contributed by atoms with Crippen molar-refractivity contribution in [3.05, 3.63) is 23.7 Å². The topological polar surface area (TPSA) is 12.0 Å². The standard InChI is InChI=1S/C7H10FN.C2H6/c1-5-3-4-7(8)9-6(5)2;1-2/h3-4,6,9H,1-2H3;1-2H3. The van der Waals surface area contributed by atoms with Crippen LogP contribution in [0.4, 0.5) is 4.39 Å². The van der Waals surface area contributed by atoms with E-state index in [2.05, 4.69) is 5.32 Å². The number of halogens is 1. The Hall–Kier alpha value is -0.790. The van der Waals surface area contributed by atoms with Crippen molar-refractivity contribution in [3.8, 4) is 0 Å². The SMILES string of the molecule is CC.CC1=CC=C(F)NC1C. The molecular weight excluding hydrogens is 141 g/mol. The van der Waals surface area contributed by atoms with Crippen molar-refractivity contribution in [1.29, 1.82) is 0 Å². The van der Waals surface area contributed by atoms with Gasteiger partial charge in [-0.25, -0.2) is 0 Å². The van der Waals surface area contributed by atoms with Crippen LogP contribution in [0.1, 0.15) is 27.7 Å². The van der Waals surface area contributed by atoms with Crippen molar-refractivity contribution < 1.29 is 4.39 Å². The lowest BCUT2D eigenvalue weighted by Crippen LogP contribution is -2.26. The van der Waals surface area contributed by atoms with Gasteiger partial charge in [-0.1, -0.05) is 25.5 Å². The summed E-state index contributed by atoms with van der Waals surface area (Å²) in [5.74, 6) is -0.242. The monoisotopic (exact) mass is 157 g/mol. The summed E-state index contributed by atoms with van der Waals surface area (Å²) < 4.78 is 12.3. The summed E-state index contributed by atoms with van der Waals surface area (Å²) in [5.41, 5.74) is 1.16. The van der Waals surface area contributed by atoms with E-state index >= 15 is 0 Å². The molecule has 0 saturated carbocycles. The Morgan fingerprint density at radius 1 is 1.36 bits per heavy atom. The fraction of sp³-hybridized carbons (Fsp3) is 0.556. The van der Waals surface area contributed by atoms with E-state index in [0.29, 0.717) is 0 Å². The Balaban J connectivity index is 0.000000461. The molecule has 0 aromatic heterocycles. The second-order valence-electron chi connectivity index (χ2n) is 2.29. The third-order valence-electron chi connectivity index (χ3n) is 1.53. The van der Waals surface area contributed by atoms with Gasteiger partial charge in [0.2, 0.25) is 0 Å². The molecule has 1 atom stereocenters. The van der Waals surface area contributed by atoms with Crippen molar-refractivity contribution in [3.63, 3.8) is 0 Å². The maximum absolute atomic E-state index is 12.3. The number of dihydropyridines is 1. The molecular formula is C9H16FN. The van der Waals surface area contributed by atoms with Gasteiger partial charge in [0, 0.05) is 6.04 Å². The first-order valence-electron chi connectivity index (χ1n) is 4.00. The van der Waals surface area contributed by atoms with Crippen molar-refractivity contribution in [2.24, 2.45) is 0 Å². The molecule has 0 aromatic rings. The van der Waals surface area contributed by atoms with E-state index in [4.69, 9.17) is 0 Å². The van der Waals surface area contributed by atoms with Crippen LogP contribution in [0, 0.1) is 0 Å². The zero-order valence-electron chi connectivity index (χ0n) is 7.61. The first-order valence-corrected chi connectivity index (χ1v) is 4.00. The summed E-state index contributed by atoms with van der Waals surface area (Å²) in [6, 6.07) is 0.148. The molecule has 0 spiro atoms. The molecule has 64 valence electrons. The Labute approximate surface area is 68.0 Å². The molecule has 1 rings (SSSR count). The van der Waals surface area contributed by atoms with Gasteiger partial charge >= 0.3 is 0 Å². The second-order valence-corrected chi connectivity index (χ2v) is 2.29. The summed E-state index contributed by atoms with van der Waals surface area (Å²) >= 11 is 0. The number of hydrogen-bond donors (Lipinski definition) is 1. The van der Waals surface area contributed by atoms with E-state index in [0.717, 1.165) is 5.57 Å². The van der Waals surface area contributed by atoms with Crippen LogP contribution in [-0.2, 0) is 0 Å². The van der Waals surface area contributed by atoms with Crippen molar-refractivity contribution in [2.45, 2.75) is 33.7 Å². The Morgan fingerprint density at radius 3 is 2.27 bits per heavy atom. The zero-order valence-corrected chi connectivity index (χ0v) is 7.61. The quantitative estimate of drug-likeness (QED) is 0.533. The third-order valence-corrected chi connectivity index (χ3v) is 1.53. The van der Waals surface area contributed by atoms with Gasteiger partial charge in [0.25, 0.3) is 0 Å². The molecule has 1 heterocycles. The van der Waals surface area contributed by atoms with Crippen LogP contribution in [0.3, 0.4) is 0 Å². The van der Waals surface area contributed by atoms with Gasteiger partial charge in [0.1, 0.15) is 0 Å². The fourth-order valence-corrected chi connectivity index (χ4v) is 0.718. The van der Waals surface area contributed by atoms with Gasteiger partial charge < -0.3 is 5.32 Å². The summed E-state index contributed by atoms with van der Waals surface area (Å²) in [7, 11) is 0. The highest BCUT2D eigenvalue weighted by atomic mass is 19.1. The van der Waals surface area contributed by atoms with E-state index < -0.39 is 0 Å². The predicted molar refractivity (Wildman–Crippen MR) is 46.9 cm³/mol. The number of rotatable bonds is 0. The maximum atomic E-state index is 12.3.